The number of ether oxygens (including phenoxy) is 1. The zero-order valence-electron chi connectivity index (χ0n) is 10.3. The number of benzene rings is 1. The Labute approximate surface area is 110 Å². The van der Waals surface area contributed by atoms with E-state index >= 15 is 0 Å². The monoisotopic (exact) mass is 265 g/mol. The lowest BCUT2D eigenvalue weighted by Crippen LogP contribution is -2.41. The summed E-state index contributed by atoms with van der Waals surface area (Å²) in [6, 6.07) is 7.59. The molecule has 0 fully saturated rings. The summed E-state index contributed by atoms with van der Waals surface area (Å²) in [7, 11) is 0. The van der Waals surface area contributed by atoms with Gasteiger partial charge in [0.2, 0.25) is 0 Å². The number of carboxylic acid groups (broad SMARTS) is 2. The predicted octanol–water partition coefficient (Wildman–Crippen LogP) is 0.461. The van der Waals surface area contributed by atoms with Gasteiger partial charge in [-0.15, -0.1) is 0 Å². The van der Waals surface area contributed by atoms with Crippen LogP contribution in [0.3, 0.4) is 0 Å². The lowest BCUT2D eigenvalue weighted by molar-refractivity contribution is -0.142. The maximum atomic E-state index is 10.7. The minimum Gasteiger partial charge on any atom is -0.488 e. The molecule has 1 aliphatic heterocycles. The highest BCUT2D eigenvalue weighted by atomic mass is 16.5. The zero-order valence-corrected chi connectivity index (χ0v) is 10.3. The molecule has 1 heterocycles. The molecular weight excluding hydrogens is 250 g/mol. The van der Waals surface area contributed by atoms with Crippen molar-refractivity contribution in [2.45, 2.75) is 12.5 Å². The van der Waals surface area contributed by atoms with E-state index in [0.29, 0.717) is 6.42 Å². The summed E-state index contributed by atoms with van der Waals surface area (Å²) in [6.45, 7) is -0.321. The van der Waals surface area contributed by atoms with Crippen LogP contribution in [0.25, 0.3) is 0 Å². The molecule has 1 aliphatic rings. The highest BCUT2D eigenvalue weighted by molar-refractivity contribution is 5.72. The molecule has 102 valence electrons. The average molecular weight is 265 g/mol. The molecule has 19 heavy (non-hydrogen) atoms. The Morgan fingerprint density at radius 3 is 2.42 bits per heavy atom. The molecule has 0 spiro atoms. The van der Waals surface area contributed by atoms with Crippen molar-refractivity contribution in [2.24, 2.45) is 0 Å². The molecule has 0 amide bonds. The fraction of sp³-hybridized carbons (Fsp3) is 0.385. The van der Waals surface area contributed by atoms with Crippen molar-refractivity contribution in [3.05, 3.63) is 29.8 Å². The molecule has 1 aromatic carbocycles. The number of para-hydroxylation sites is 1. The van der Waals surface area contributed by atoms with Gasteiger partial charge in [-0.2, -0.15) is 0 Å². The van der Waals surface area contributed by atoms with Gasteiger partial charge in [0, 0.05) is 13.0 Å². The van der Waals surface area contributed by atoms with Crippen molar-refractivity contribution in [1.29, 1.82) is 0 Å². The topological polar surface area (TPSA) is 87.1 Å². The van der Waals surface area contributed by atoms with Gasteiger partial charge >= 0.3 is 11.9 Å². The lowest BCUT2D eigenvalue weighted by Gasteiger charge is -2.21. The normalized spacial score (nSPS) is 17.0. The number of fused-ring (bicyclic) bond motifs is 1. The molecule has 1 atom stereocenters. The first kappa shape index (κ1) is 13.4. The summed E-state index contributed by atoms with van der Waals surface area (Å²) in [6.07, 6.45) is 0.474. The Morgan fingerprint density at radius 2 is 1.84 bits per heavy atom. The Bertz CT molecular complexity index is 447. The van der Waals surface area contributed by atoms with Crippen LogP contribution < -0.4 is 4.74 Å². The first-order chi connectivity index (χ1) is 9.04. The number of nitrogens with zero attached hydrogens (tertiary/aromatic N) is 1. The number of carboxylic acids is 2. The SMILES string of the molecule is O=C(O)CN(CC(=O)O)CC1Cc2ccccc2O1. The van der Waals surface area contributed by atoms with Crippen LogP contribution in [0.4, 0.5) is 0 Å². The first-order valence-corrected chi connectivity index (χ1v) is 5.95. The minimum atomic E-state index is -1.04. The first-order valence-electron chi connectivity index (χ1n) is 5.95. The van der Waals surface area contributed by atoms with E-state index < -0.39 is 11.9 Å². The van der Waals surface area contributed by atoms with Gasteiger partial charge in [-0.1, -0.05) is 18.2 Å². The van der Waals surface area contributed by atoms with Gasteiger partial charge in [0.05, 0.1) is 13.1 Å². The summed E-state index contributed by atoms with van der Waals surface area (Å²) in [5.41, 5.74) is 1.07. The summed E-state index contributed by atoms with van der Waals surface area (Å²) < 4.78 is 5.67. The van der Waals surface area contributed by atoms with Crippen LogP contribution in [0.1, 0.15) is 5.56 Å². The molecule has 0 radical (unpaired) electrons. The molecule has 0 saturated carbocycles. The molecule has 2 rings (SSSR count). The third-order valence-corrected chi connectivity index (χ3v) is 2.89. The fourth-order valence-electron chi connectivity index (χ4n) is 2.21. The van der Waals surface area contributed by atoms with Gasteiger partial charge in [-0.25, -0.2) is 0 Å². The van der Waals surface area contributed by atoms with E-state index in [4.69, 9.17) is 14.9 Å². The third-order valence-electron chi connectivity index (χ3n) is 2.89. The maximum Gasteiger partial charge on any atom is 0.317 e. The van der Waals surface area contributed by atoms with Crippen LogP contribution in [0.2, 0.25) is 0 Å². The zero-order chi connectivity index (χ0) is 13.8. The Kier molecular flexibility index (Phi) is 4.01. The van der Waals surface area contributed by atoms with Crippen molar-refractivity contribution < 1.29 is 24.5 Å². The summed E-state index contributed by atoms with van der Waals surface area (Å²) in [5, 5.41) is 17.5. The summed E-state index contributed by atoms with van der Waals surface area (Å²) in [5.74, 6) is -1.30. The number of rotatable bonds is 6. The second-order valence-corrected chi connectivity index (χ2v) is 4.51. The molecular formula is C13H15NO5. The van der Waals surface area contributed by atoms with Gasteiger partial charge in [0.25, 0.3) is 0 Å². The molecule has 6 heteroatoms. The second-order valence-electron chi connectivity index (χ2n) is 4.51. The van der Waals surface area contributed by atoms with Crippen molar-refractivity contribution in [3.63, 3.8) is 0 Å². The smallest absolute Gasteiger partial charge is 0.317 e. The van der Waals surface area contributed by atoms with Crippen LogP contribution in [-0.2, 0) is 16.0 Å². The quantitative estimate of drug-likeness (QED) is 0.777. The average Bonchev–Trinajstić information content (AvgIpc) is 2.68. The van der Waals surface area contributed by atoms with Crippen molar-refractivity contribution in [1.82, 2.24) is 4.90 Å². The van der Waals surface area contributed by atoms with E-state index in [-0.39, 0.29) is 25.7 Å². The molecule has 2 N–H and O–H groups in total. The van der Waals surface area contributed by atoms with E-state index in [1.54, 1.807) is 0 Å². The van der Waals surface area contributed by atoms with Crippen molar-refractivity contribution in [3.8, 4) is 5.75 Å². The van der Waals surface area contributed by atoms with Crippen LogP contribution in [0, 0.1) is 0 Å². The Balaban J connectivity index is 1.96. The standard InChI is InChI=1S/C13H15NO5/c15-12(16)7-14(8-13(17)18)6-10-5-9-3-1-2-4-11(9)19-10/h1-4,10H,5-8H2,(H,15,16)(H,17,18). The molecule has 0 aromatic heterocycles. The van der Waals surface area contributed by atoms with Gasteiger partial charge in [-0.3, -0.25) is 14.5 Å². The Morgan fingerprint density at radius 1 is 1.21 bits per heavy atom. The number of carbonyl (C=O) groups is 2. The summed E-state index contributed by atoms with van der Waals surface area (Å²) in [4.78, 5) is 22.8. The maximum absolute atomic E-state index is 10.7. The molecule has 0 aliphatic carbocycles. The molecule has 1 aromatic rings. The summed E-state index contributed by atoms with van der Waals surface area (Å²) >= 11 is 0. The molecule has 0 saturated heterocycles. The van der Waals surface area contributed by atoms with Crippen molar-refractivity contribution >= 4 is 11.9 Å². The van der Waals surface area contributed by atoms with Gasteiger partial charge in [0.15, 0.2) is 0 Å². The van der Waals surface area contributed by atoms with E-state index in [1.807, 2.05) is 24.3 Å². The van der Waals surface area contributed by atoms with E-state index in [9.17, 15) is 9.59 Å². The predicted molar refractivity (Wildman–Crippen MR) is 66.3 cm³/mol. The number of aliphatic carboxylic acids is 2. The molecule has 0 bridgehead atoms. The van der Waals surface area contributed by atoms with E-state index in [2.05, 4.69) is 0 Å². The van der Waals surface area contributed by atoms with Crippen LogP contribution >= 0.6 is 0 Å². The number of hydrogen-bond donors (Lipinski definition) is 2. The van der Waals surface area contributed by atoms with E-state index in [1.165, 1.54) is 4.90 Å². The highest BCUT2D eigenvalue weighted by Crippen LogP contribution is 2.28. The van der Waals surface area contributed by atoms with Gasteiger partial charge in [0.1, 0.15) is 11.9 Å². The Hall–Kier alpha value is -2.08. The fourth-order valence-corrected chi connectivity index (χ4v) is 2.21. The van der Waals surface area contributed by atoms with Gasteiger partial charge < -0.3 is 14.9 Å². The highest BCUT2D eigenvalue weighted by Gasteiger charge is 2.26. The molecule has 1 unspecified atom stereocenters. The minimum absolute atomic E-state index is 0.198. The van der Waals surface area contributed by atoms with Crippen LogP contribution in [-0.4, -0.2) is 52.8 Å². The number of hydrogen-bond acceptors (Lipinski definition) is 4. The van der Waals surface area contributed by atoms with Gasteiger partial charge in [-0.05, 0) is 11.6 Å². The van der Waals surface area contributed by atoms with E-state index in [0.717, 1.165) is 11.3 Å². The third kappa shape index (κ3) is 3.69. The second kappa shape index (κ2) is 5.71. The lowest BCUT2D eigenvalue weighted by atomic mass is 10.1. The molecule has 6 nitrogen and oxygen atoms in total. The van der Waals surface area contributed by atoms with Crippen molar-refractivity contribution in [2.75, 3.05) is 19.6 Å². The van der Waals surface area contributed by atoms with Crippen LogP contribution in [0.5, 0.6) is 5.75 Å². The largest absolute Gasteiger partial charge is 0.488 e. The van der Waals surface area contributed by atoms with Crippen LogP contribution in [0.15, 0.2) is 24.3 Å².